The number of nitrogens with zero attached hydrogens (tertiary/aromatic N) is 2. The average molecular weight is 283 g/mol. The van der Waals surface area contributed by atoms with Crippen LogP contribution in [0.25, 0.3) is 0 Å². The van der Waals surface area contributed by atoms with Gasteiger partial charge in [0.25, 0.3) is 0 Å². The molecule has 2 rings (SSSR count). The van der Waals surface area contributed by atoms with Crippen LogP contribution in [0.3, 0.4) is 0 Å². The number of hydrogen-bond acceptors (Lipinski definition) is 3. The molecule has 0 aromatic heterocycles. The molecule has 0 saturated carbocycles. The van der Waals surface area contributed by atoms with Gasteiger partial charge in [0.1, 0.15) is 0 Å². The standard InChI is InChI=1S/C14H16F3N3/c1-9-6-11(19)4-5-20(9)12-3-2-10(8-18)13(7-12)14(15,16)17/h2-3,7,9,11H,4-6,19H2,1H3. The summed E-state index contributed by atoms with van der Waals surface area (Å²) in [4.78, 5) is 1.92. The number of piperidine rings is 1. The first-order valence-corrected chi connectivity index (χ1v) is 6.46. The highest BCUT2D eigenvalue weighted by Gasteiger charge is 2.35. The maximum Gasteiger partial charge on any atom is 0.417 e. The fraction of sp³-hybridized carbons (Fsp3) is 0.500. The van der Waals surface area contributed by atoms with Gasteiger partial charge in [0.05, 0.1) is 17.2 Å². The summed E-state index contributed by atoms with van der Waals surface area (Å²) in [6, 6.07) is 5.65. The highest BCUT2D eigenvalue weighted by molar-refractivity contribution is 5.55. The van der Waals surface area contributed by atoms with Gasteiger partial charge in [-0.3, -0.25) is 0 Å². The summed E-state index contributed by atoms with van der Waals surface area (Å²) in [6.07, 6.45) is -3.01. The van der Waals surface area contributed by atoms with Crippen LogP contribution >= 0.6 is 0 Å². The summed E-state index contributed by atoms with van der Waals surface area (Å²) in [6.45, 7) is 2.58. The topological polar surface area (TPSA) is 53.0 Å². The van der Waals surface area contributed by atoms with Gasteiger partial charge in [-0.1, -0.05) is 0 Å². The Balaban J connectivity index is 2.37. The average Bonchev–Trinajstić information content (AvgIpc) is 2.37. The molecule has 3 nitrogen and oxygen atoms in total. The van der Waals surface area contributed by atoms with Crippen LogP contribution in [0, 0.1) is 11.3 Å². The number of nitriles is 1. The molecule has 1 aliphatic heterocycles. The highest BCUT2D eigenvalue weighted by Crippen LogP contribution is 2.35. The van der Waals surface area contributed by atoms with Gasteiger partial charge in [0.15, 0.2) is 0 Å². The molecule has 6 heteroatoms. The Bertz CT molecular complexity index is 533. The summed E-state index contributed by atoms with van der Waals surface area (Å²) in [7, 11) is 0. The molecule has 0 radical (unpaired) electrons. The van der Waals surface area contributed by atoms with Gasteiger partial charge in [0.2, 0.25) is 0 Å². The van der Waals surface area contributed by atoms with E-state index < -0.39 is 11.7 Å². The van der Waals surface area contributed by atoms with Crippen LogP contribution < -0.4 is 10.6 Å². The van der Waals surface area contributed by atoms with Gasteiger partial charge >= 0.3 is 6.18 Å². The van der Waals surface area contributed by atoms with Crippen molar-refractivity contribution in [3.8, 4) is 6.07 Å². The van der Waals surface area contributed by atoms with E-state index in [1.807, 2.05) is 11.8 Å². The maximum atomic E-state index is 13.0. The molecule has 20 heavy (non-hydrogen) atoms. The van der Waals surface area contributed by atoms with E-state index in [0.29, 0.717) is 12.2 Å². The molecule has 1 aromatic rings. The number of halogens is 3. The van der Waals surface area contributed by atoms with Gasteiger partial charge in [-0.25, -0.2) is 0 Å². The van der Waals surface area contributed by atoms with Crippen LogP contribution in [0.15, 0.2) is 18.2 Å². The first kappa shape index (κ1) is 14.7. The lowest BCUT2D eigenvalue weighted by atomic mass is 9.97. The molecular weight excluding hydrogens is 267 g/mol. The van der Waals surface area contributed by atoms with E-state index >= 15 is 0 Å². The molecule has 1 aliphatic rings. The van der Waals surface area contributed by atoms with Crippen LogP contribution in [0.5, 0.6) is 0 Å². The Morgan fingerprint density at radius 2 is 2.10 bits per heavy atom. The minimum Gasteiger partial charge on any atom is -0.369 e. The SMILES string of the molecule is CC1CC(N)CCN1c1ccc(C#N)c(C(F)(F)F)c1. The third kappa shape index (κ3) is 2.88. The van der Waals surface area contributed by atoms with Crippen molar-refractivity contribution in [2.24, 2.45) is 5.73 Å². The third-order valence-corrected chi connectivity index (χ3v) is 3.68. The fourth-order valence-electron chi connectivity index (χ4n) is 2.64. The minimum absolute atomic E-state index is 0.0905. The van der Waals surface area contributed by atoms with Crippen molar-refractivity contribution in [2.45, 2.75) is 38.0 Å². The summed E-state index contributed by atoms with van der Waals surface area (Å²) in [5, 5.41) is 8.79. The second-order valence-corrected chi connectivity index (χ2v) is 5.17. The summed E-state index contributed by atoms with van der Waals surface area (Å²) in [5.41, 5.74) is 5.14. The van der Waals surface area contributed by atoms with E-state index in [1.165, 1.54) is 6.07 Å². The van der Waals surface area contributed by atoms with Gasteiger partial charge in [-0.2, -0.15) is 18.4 Å². The third-order valence-electron chi connectivity index (χ3n) is 3.68. The van der Waals surface area contributed by atoms with Crippen molar-refractivity contribution in [1.82, 2.24) is 0 Å². The summed E-state index contributed by atoms with van der Waals surface area (Å²) < 4.78 is 38.9. The molecule has 1 fully saturated rings. The molecule has 0 amide bonds. The van der Waals surface area contributed by atoms with E-state index in [0.717, 1.165) is 18.9 Å². The van der Waals surface area contributed by atoms with Crippen molar-refractivity contribution in [3.63, 3.8) is 0 Å². The number of rotatable bonds is 1. The second-order valence-electron chi connectivity index (χ2n) is 5.17. The molecule has 2 atom stereocenters. The van der Waals surface area contributed by atoms with Crippen LogP contribution in [0.4, 0.5) is 18.9 Å². The van der Waals surface area contributed by atoms with E-state index in [-0.39, 0.29) is 17.6 Å². The Morgan fingerprint density at radius 1 is 1.40 bits per heavy atom. The lowest BCUT2D eigenvalue weighted by Gasteiger charge is -2.38. The molecule has 0 aliphatic carbocycles. The molecule has 1 aromatic carbocycles. The Labute approximate surface area is 115 Å². The van der Waals surface area contributed by atoms with Crippen LogP contribution in [0.1, 0.15) is 30.9 Å². The van der Waals surface area contributed by atoms with Crippen molar-refractivity contribution < 1.29 is 13.2 Å². The smallest absolute Gasteiger partial charge is 0.369 e. The maximum absolute atomic E-state index is 13.0. The monoisotopic (exact) mass is 283 g/mol. The van der Waals surface area contributed by atoms with Gasteiger partial charge < -0.3 is 10.6 Å². The molecule has 2 unspecified atom stereocenters. The fourth-order valence-corrected chi connectivity index (χ4v) is 2.64. The largest absolute Gasteiger partial charge is 0.417 e. The quantitative estimate of drug-likeness (QED) is 0.862. The molecule has 108 valence electrons. The molecule has 2 N–H and O–H groups in total. The molecule has 0 bridgehead atoms. The molecule has 0 spiro atoms. The Morgan fingerprint density at radius 3 is 2.65 bits per heavy atom. The van der Waals surface area contributed by atoms with Gasteiger partial charge in [-0.05, 0) is 38.0 Å². The zero-order chi connectivity index (χ0) is 14.9. The van der Waals surface area contributed by atoms with Crippen LogP contribution in [-0.2, 0) is 6.18 Å². The lowest BCUT2D eigenvalue weighted by Crippen LogP contribution is -2.45. The number of hydrogen-bond donors (Lipinski definition) is 1. The van der Waals surface area contributed by atoms with Crippen molar-refractivity contribution in [2.75, 3.05) is 11.4 Å². The van der Waals surface area contributed by atoms with E-state index in [4.69, 9.17) is 11.0 Å². The van der Waals surface area contributed by atoms with E-state index in [9.17, 15) is 13.2 Å². The van der Waals surface area contributed by atoms with Gasteiger partial charge in [-0.15, -0.1) is 0 Å². The predicted molar refractivity (Wildman–Crippen MR) is 70.2 cm³/mol. The van der Waals surface area contributed by atoms with E-state index in [2.05, 4.69) is 0 Å². The Kier molecular flexibility index (Phi) is 3.91. The molecular formula is C14H16F3N3. The predicted octanol–water partition coefficient (Wildman–Crippen LogP) is 2.89. The summed E-state index contributed by atoms with van der Waals surface area (Å²) >= 11 is 0. The zero-order valence-corrected chi connectivity index (χ0v) is 11.1. The second kappa shape index (κ2) is 5.33. The minimum atomic E-state index is -4.52. The van der Waals surface area contributed by atoms with Crippen LogP contribution in [0.2, 0.25) is 0 Å². The van der Waals surface area contributed by atoms with Crippen molar-refractivity contribution in [3.05, 3.63) is 29.3 Å². The first-order chi connectivity index (χ1) is 9.32. The number of nitrogens with two attached hydrogens (primary N) is 1. The number of anilines is 1. The van der Waals surface area contributed by atoms with Crippen molar-refractivity contribution >= 4 is 5.69 Å². The zero-order valence-electron chi connectivity index (χ0n) is 11.1. The lowest BCUT2D eigenvalue weighted by molar-refractivity contribution is -0.137. The van der Waals surface area contributed by atoms with Crippen molar-refractivity contribution in [1.29, 1.82) is 5.26 Å². The highest BCUT2D eigenvalue weighted by atomic mass is 19.4. The molecule has 1 heterocycles. The Hall–Kier alpha value is -1.74. The number of alkyl halides is 3. The number of benzene rings is 1. The van der Waals surface area contributed by atoms with E-state index in [1.54, 1.807) is 12.1 Å². The first-order valence-electron chi connectivity index (χ1n) is 6.46. The molecule has 1 saturated heterocycles. The van der Waals surface area contributed by atoms with Crippen LogP contribution in [-0.4, -0.2) is 18.6 Å². The van der Waals surface area contributed by atoms with Gasteiger partial charge in [0, 0.05) is 24.3 Å². The normalized spacial score (nSPS) is 23.5. The summed E-state index contributed by atoms with van der Waals surface area (Å²) in [5.74, 6) is 0.